The first-order valence-electron chi connectivity index (χ1n) is 7.06. The van der Waals surface area contributed by atoms with Crippen LogP contribution < -0.4 is 10.2 Å². The molecule has 0 unspecified atom stereocenters. The van der Waals surface area contributed by atoms with E-state index in [9.17, 15) is 5.11 Å². The molecule has 0 saturated carbocycles. The molecule has 3 nitrogen and oxygen atoms in total. The van der Waals surface area contributed by atoms with Crippen LogP contribution in [0.1, 0.15) is 37.8 Å². The van der Waals surface area contributed by atoms with E-state index in [2.05, 4.69) is 26.6 Å². The van der Waals surface area contributed by atoms with E-state index in [0.717, 1.165) is 30.6 Å². The molecule has 0 radical (unpaired) electrons. The summed E-state index contributed by atoms with van der Waals surface area (Å²) in [4.78, 5) is 0. The van der Waals surface area contributed by atoms with Gasteiger partial charge in [0.2, 0.25) is 8.32 Å². The van der Waals surface area contributed by atoms with Crippen molar-refractivity contribution in [2.75, 3.05) is 0 Å². The monoisotopic (exact) mass is 317 g/mol. The Morgan fingerprint density at radius 2 is 1.75 bits per heavy atom. The Kier molecular flexibility index (Phi) is 8.43. The van der Waals surface area contributed by atoms with Crippen LogP contribution in [0.3, 0.4) is 0 Å². The minimum atomic E-state index is -1.56. The number of rotatable bonds is 7. The van der Waals surface area contributed by atoms with Gasteiger partial charge in [-0.15, -0.1) is 12.4 Å². The van der Waals surface area contributed by atoms with E-state index in [1.54, 1.807) is 0 Å². The summed E-state index contributed by atoms with van der Waals surface area (Å²) in [5.41, 5.74) is 7.04. The molecular weight excluding hydrogens is 290 g/mol. The van der Waals surface area contributed by atoms with Gasteiger partial charge in [-0.1, -0.05) is 31.9 Å². The molecule has 20 heavy (non-hydrogen) atoms. The van der Waals surface area contributed by atoms with Gasteiger partial charge in [0.25, 0.3) is 0 Å². The lowest BCUT2D eigenvalue weighted by molar-refractivity contribution is 0.132. The van der Waals surface area contributed by atoms with Gasteiger partial charge in [-0.05, 0) is 43.8 Å². The number of unbranched alkanes of at least 4 members (excludes halogenated alkanes) is 1. The van der Waals surface area contributed by atoms with E-state index in [1.165, 1.54) is 0 Å². The highest BCUT2D eigenvalue weighted by molar-refractivity contribution is 6.70. The van der Waals surface area contributed by atoms with Gasteiger partial charge in [-0.2, -0.15) is 0 Å². The van der Waals surface area contributed by atoms with Gasteiger partial charge in [0.15, 0.2) is 0 Å². The minimum Gasteiger partial charge on any atom is -0.544 e. The summed E-state index contributed by atoms with van der Waals surface area (Å²) in [6.07, 6.45) is 2.37. The molecule has 116 valence electrons. The molecule has 0 bridgehead atoms. The maximum absolute atomic E-state index is 10.0. The molecule has 0 spiro atoms. The van der Waals surface area contributed by atoms with E-state index in [4.69, 9.17) is 10.2 Å². The normalized spacial score (nSPS) is 14.3. The lowest BCUT2D eigenvalue weighted by Gasteiger charge is -2.21. The van der Waals surface area contributed by atoms with Crippen LogP contribution in [0.5, 0.6) is 5.75 Å². The van der Waals surface area contributed by atoms with Crippen LogP contribution in [0, 0.1) is 0 Å². The van der Waals surface area contributed by atoms with Crippen molar-refractivity contribution in [3.05, 3.63) is 29.8 Å². The van der Waals surface area contributed by atoms with E-state index in [1.807, 2.05) is 24.3 Å². The van der Waals surface area contributed by atoms with Crippen molar-refractivity contribution in [3.63, 3.8) is 0 Å². The van der Waals surface area contributed by atoms with Crippen molar-refractivity contribution in [2.24, 2.45) is 5.73 Å². The molecule has 0 aliphatic rings. The summed E-state index contributed by atoms with van der Waals surface area (Å²) < 4.78 is 5.90. The zero-order chi connectivity index (χ0) is 14.5. The Morgan fingerprint density at radius 1 is 1.20 bits per heavy atom. The van der Waals surface area contributed by atoms with E-state index in [0.29, 0.717) is 0 Å². The van der Waals surface area contributed by atoms with Crippen LogP contribution in [0.25, 0.3) is 0 Å². The predicted octanol–water partition coefficient (Wildman–Crippen LogP) is 3.87. The molecule has 5 heteroatoms. The third-order valence-electron chi connectivity index (χ3n) is 2.96. The van der Waals surface area contributed by atoms with Gasteiger partial charge in [0.05, 0.1) is 12.1 Å². The van der Waals surface area contributed by atoms with Crippen LogP contribution in [-0.4, -0.2) is 19.5 Å². The van der Waals surface area contributed by atoms with Gasteiger partial charge in [0.1, 0.15) is 5.75 Å². The number of halogens is 1. The average Bonchev–Trinajstić information content (AvgIpc) is 2.34. The molecule has 1 aromatic rings. The van der Waals surface area contributed by atoms with Crippen molar-refractivity contribution < 1.29 is 9.53 Å². The Balaban J connectivity index is 0.00000361. The number of nitrogens with two attached hydrogens (primary N) is 1. The van der Waals surface area contributed by atoms with Crippen molar-refractivity contribution in [2.45, 2.75) is 58.0 Å². The molecule has 1 aromatic carbocycles. The highest BCUT2D eigenvalue weighted by Gasteiger charge is 2.18. The second kappa shape index (κ2) is 8.67. The third kappa shape index (κ3) is 6.75. The smallest absolute Gasteiger partial charge is 0.242 e. The summed E-state index contributed by atoms with van der Waals surface area (Å²) in [6.45, 7) is 8.57. The van der Waals surface area contributed by atoms with Crippen LogP contribution >= 0.6 is 12.4 Å². The van der Waals surface area contributed by atoms with E-state index < -0.39 is 14.4 Å². The van der Waals surface area contributed by atoms with Gasteiger partial charge in [-0.3, -0.25) is 0 Å². The zero-order valence-corrected chi connectivity index (χ0v) is 14.7. The maximum atomic E-state index is 10.0. The molecule has 1 rings (SSSR count). The molecular formula is C15H28ClNO2Si. The summed E-state index contributed by atoms with van der Waals surface area (Å²) >= 11 is 0. The fourth-order valence-electron chi connectivity index (χ4n) is 1.93. The second-order valence-corrected chi connectivity index (χ2v) is 10.4. The van der Waals surface area contributed by atoms with Crippen molar-refractivity contribution in [3.8, 4) is 5.75 Å². The first kappa shape index (κ1) is 19.4. The van der Waals surface area contributed by atoms with Crippen LogP contribution in [-0.2, 0) is 0 Å². The number of benzene rings is 1. The molecule has 0 aliphatic carbocycles. The lowest BCUT2D eigenvalue weighted by atomic mass is 9.98. The number of hydrogen-bond donors (Lipinski definition) is 2. The lowest BCUT2D eigenvalue weighted by Crippen LogP contribution is -2.29. The third-order valence-corrected chi connectivity index (χ3v) is 3.81. The Morgan fingerprint density at radius 3 is 2.20 bits per heavy atom. The Hall–Kier alpha value is -0.553. The maximum Gasteiger partial charge on any atom is 0.242 e. The zero-order valence-electron chi connectivity index (χ0n) is 12.9. The van der Waals surface area contributed by atoms with E-state index in [-0.39, 0.29) is 18.4 Å². The fraction of sp³-hybridized carbons (Fsp3) is 0.600. The van der Waals surface area contributed by atoms with Crippen LogP contribution in [0.4, 0.5) is 0 Å². The number of aliphatic hydroxyl groups excluding tert-OH is 1. The number of aliphatic hydroxyl groups is 1. The van der Waals surface area contributed by atoms with Crippen molar-refractivity contribution >= 4 is 20.7 Å². The van der Waals surface area contributed by atoms with Gasteiger partial charge in [-0.25, -0.2) is 0 Å². The fourth-order valence-corrected chi connectivity index (χ4v) is 2.77. The topological polar surface area (TPSA) is 55.5 Å². The summed E-state index contributed by atoms with van der Waals surface area (Å²) in [7, 11) is -1.56. The van der Waals surface area contributed by atoms with E-state index >= 15 is 0 Å². The first-order valence-corrected chi connectivity index (χ1v) is 10.5. The molecule has 2 atom stereocenters. The van der Waals surface area contributed by atoms with Crippen molar-refractivity contribution in [1.29, 1.82) is 0 Å². The summed E-state index contributed by atoms with van der Waals surface area (Å²) in [5.74, 6) is 0.887. The van der Waals surface area contributed by atoms with Gasteiger partial charge < -0.3 is 15.3 Å². The number of hydrogen-bond acceptors (Lipinski definition) is 3. The Bertz CT molecular complexity index is 378. The largest absolute Gasteiger partial charge is 0.544 e. The quantitative estimate of drug-likeness (QED) is 0.750. The summed E-state index contributed by atoms with van der Waals surface area (Å²) in [5, 5.41) is 10.0. The molecule has 0 heterocycles. The molecule has 0 saturated heterocycles. The summed E-state index contributed by atoms with van der Waals surface area (Å²) in [6, 6.07) is 7.48. The molecule has 0 aromatic heterocycles. The standard InChI is InChI=1S/C15H27NO2Si.ClH/c1-5-6-7-14(17)15(16)12-8-10-13(11-9-12)18-19(2,3)4;/h8-11,14-15,17H,5-7,16H2,1-4H3;1H/t14-,15+;/m1./s1. The van der Waals surface area contributed by atoms with Gasteiger partial charge >= 0.3 is 0 Å². The minimum absolute atomic E-state index is 0. The molecule has 0 aliphatic heterocycles. The van der Waals surface area contributed by atoms with Crippen LogP contribution in [0.2, 0.25) is 19.6 Å². The highest BCUT2D eigenvalue weighted by Crippen LogP contribution is 2.22. The SMILES string of the molecule is CCCC[C@@H](O)[C@@H](N)c1ccc(O[Si](C)(C)C)cc1.Cl. The van der Waals surface area contributed by atoms with Gasteiger partial charge in [0, 0.05) is 0 Å². The van der Waals surface area contributed by atoms with Crippen LogP contribution in [0.15, 0.2) is 24.3 Å². The molecule has 3 N–H and O–H groups in total. The second-order valence-electron chi connectivity index (χ2n) is 6.02. The Labute approximate surface area is 130 Å². The predicted molar refractivity (Wildman–Crippen MR) is 90.1 cm³/mol. The molecule has 0 fully saturated rings. The highest BCUT2D eigenvalue weighted by atomic mass is 35.5. The first-order chi connectivity index (χ1) is 8.83. The average molecular weight is 318 g/mol. The van der Waals surface area contributed by atoms with Crippen molar-refractivity contribution in [1.82, 2.24) is 0 Å². The molecule has 0 amide bonds.